The lowest BCUT2D eigenvalue weighted by atomic mass is 9.72. The van der Waals surface area contributed by atoms with Crippen LogP contribution in [0.1, 0.15) is 63.9 Å². The molecule has 8 nitrogen and oxygen atoms in total. The molecule has 1 aromatic heterocycles. The van der Waals surface area contributed by atoms with Crippen molar-refractivity contribution in [3.8, 4) is 0 Å². The van der Waals surface area contributed by atoms with E-state index in [0.717, 1.165) is 34.6 Å². The number of carbonyl (C=O) groups excluding carboxylic acids is 4. The van der Waals surface area contributed by atoms with Crippen molar-refractivity contribution in [1.82, 2.24) is 5.32 Å². The quantitative estimate of drug-likeness (QED) is 0.0847. The SMILES string of the molecule is COC(=O)c1c(NC(=O)CSc2cccc(NC(=O)/C(=C\c3ccc(Cl)cc3Cl)NC(=O)c3ccccc3)c2)sc2c1CCC(C(C)(C)C)C2. The van der Waals surface area contributed by atoms with Crippen molar-refractivity contribution in [1.29, 1.82) is 0 Å². The number of carbonyl (C=O) groups is 4. The molecule has 0 saturated carbocycles. The van der Waals surface area contributed by atoms with Crippen LogP contribution in [0.3, 0.4) is 0 Å². The molecule has 1 aliphatic carbocycles. The zero-order valence-electron chi connectivity index (χ0n) is 28.0. The minimum atomic E-state index is -0.578. The van der Waals surface area contributed by atoms with Crippen LogP contribution in [0.2, 0.25) is 10.0 Å². The summed E-state index contributed by atoms with van der Waals surface area (Å²) in [5, 5.41) is 9.73. The number of fused-ring (bicyclic) bond motifs is 1. The molecule has 260 valence electrons. The van der Waals surface area contributed by atoms with Gasteiger partial charge in [-0.05, 0) is 90.3 Å². The van der Waals surface area contributed by atoms with Gasteiger partial charge in [0.05, 0.1) is 18.4 Å². The molecular formula is C38H37Cl2N3O5S2. The first-order valence-corrected chi connectivity index (χ1v) is 18.5. The molecule has 0 spiro atoms. The van der Waals surface area contributed by atoms with Gasteiger partial charge in [-0.1, -0.05) is 74.3 Å². The largest absolute Gasteiger partial charge is 0.465 e. The van der Waals surface area contributed by atoms with Crippen molar-refractivity contribution in [3.05, 3.63) is 116 Å². The van der Waals surface area contributed by atoms with Crippen LogP contribution in [0.5, 0.6) is 0 Å². The highest BCUT2D eigenvalue weighted by Gasteiger charge is 2.34. The lowest BCUT2D eigenvalue weighted by molar-refractivity contribution is -0.114. The fourth-order valence-corrected chi connectivity index (χ4v) is 8.17. The van der Waals surface area contributed by atoms with Crippen LogP contribution >= 0.6 is 46.3 Å². The van der Waals surface area contributed by atoms with Crippen molar-refractivity contribution in [2.75, 3.05) is 23.5 Å². The summed E-state index contributed by atoms with van der Waals surface area (Å²) in [5.41, 5.74) is 2.84. The Hall–Kier alpha value is -4.09. The highest BCUT2D eigenvalue weighted by atomic mass is 35.5. The van der Waals surface area contributed by atoms with Gasteiger partial charge in [-0.3, -0.25) is 14.4 Å². The molecule has 1 aliphatic rings. The molecule has 50 heavy (non-hydrogen) atoms. The third kappa shape index (κ3) is 9.37. The summed E-state index contributed by atoms with van der Waals surface area (Å²) in [6, 6.07) is 20.4. The average Bonchev–Trinajstić information content (AvgIpc) is 3.44. The molecule has 1 unspecified atom stereocenters. The molecule has 0 bridgehead atoms. The molecule has 4 aromatic rings. The van der Waals surface area contributed by atoms with Crippen LogP contribution in [0.25, 0.3) is 6.08 Å². The number of rotatable bonds is 10. The van der Waals surface area contributed by atoms with E-state index in [2.05, 4.69) is 36.7 Å². The zero-order chi connectivity index (χ0) is 36.0. The van der Waals surface area contributed by atoms with E-state index in [-0.39, 0.29) is 22.8 Å². The number of hydrogen-bond donors (Lipinski definition) is 3. The number of ether oxygens (including phenoxy) is 1. The molecule has 0 fully saturated rings. The second-order valence-electron chi connectivity index (χ2n) is 12.9. The summed E-state index contributed by atoms with van der Waals surface area (Å²) >= 11 is 15.2. The molecule has 0 saturated heterocycles. The molecule has 3 amide bonds. The van der Waals surface area contributed by atoms with Gasteiger partial charge in [-0.2, -0.15) is 0 Å². The molecule has 1 atom stereocenters. The zero-order valence-corrected chi connectivity index (χ0v) is 31.2. The van der Waals surface area contributed by atoms with Crippen LogP contribution in [0.4, 0.5) is 10.7 Å². The highest BCUT2D eigenvalue weighted by Crippen LogP contribution is 2.44. The predicted octanol–water partition coefficient (Wildman–Crippen LogP) is 9.13. The third-order valence-corrected chi connectivity index (χ3v) is 11.1. The maximum Gasteiger partial charge on any atom is 0.341 e. The molecule has 3 N–H and O–H groups in total. The minimum Gasteiger partial charge on any atom is -0.465 e. The number of nitrogens with one attached hydrogen (secondary N) is 3. The first-order valence-electron chi connectivity index (χ1n) is 15.9. The number of halogens is 2. The van der Waals surface area contributed by atoms with E-state index in [1.807, 2.05) is 6.07 Å². The van der Waals surface area contributed by atoms with Gasteiger partial charge in [-0.25, -0.2) is 4.79 Å². The summed E-state index contributed by atoms with van der Waals surface area (Å²) in [5.74, 6) is -1.22. The summed E-state index contributed by atoms with van der Waals surface area (Å²) in [4.78, 5) is 54.4. The Bertz CT molecular complexity index is 1950. The average molecular weight is 751 g/mol. The molecule has 12 heteroatoms. The van der Waals surface area contributed by atoms with Crippen LogP contribution in [-0.2, 0) is 27.2 Å². The summed E-state index contributed by atoms with van der Waals surface area (Å²) in [6.07, 6.45) is 4.07. The van der Waals surface area contributed by atoms with Gasteiger partial charge in [0.1, 0.15) is 10.7 Å². The molecular weight excluding hydrogens is 713 g/mol. The van der Waals surface area contributed by atoms with Crippen LogP contribution in [0, 0.1) is 11.3 Å². The number of anilines is 2. The Morgan fingerprint density at radius 2 is 1.74 bits per heavy atom. The van der Waals surface area contributed by atoms with Crippen molar-refractivity contribution < 1.29 is 23.9 Å². The first-order chi connectivity index (χ1) is 23.8. The van der Waals surface area contributed by atoms with E-state index in [9.17, 15) is 19.2 Å². The second-order valence-corrected chi connectivity index (χ2v) is 15.9. The number of methoxy groups -OCH3 is 1. The van der Waals surface area contributed by atoms with Gasteiger partial charge in [0.15, 0.2) is 0 Å². The molecule has 5 rings (SSSR count). The fraction of sp³-hybridized carbons (Fsp3) is 0.263. The van der Waals surface area contributed by atoms with Crippen LogP contribution < -0.4 is 16.0 Å². The maximum atomic E-state index is 13.5. The van der Waals surface area contributed by atoms with Crippen molar-refractivity contribution in [3.63, 3.8) is 0 Å². The van der Waals surface area contributed by atoms with Crippen LogP contribution in [-0.4, -0.2) is 36.6 Å². The number of thioether (sulfide) groups is 1. The number of hydrogen-bond acceptors (Lipinski definition) is 7. The summed E-state index contributed by atoms with van der Waals surface area (Å²) < 4.78 is 5.09. The van der Waals surface area contributed by atoms with Crippen molar-refractivity contribution in [2.24, 2.45) is 11.3 Å². The molecule has 0 aliphatic heterocycles. The van der Waals surface area contributed by atoms with Crippen molar-refractivity contribution >= 4 is 86.8 Å². The first kappa shape index (κ1) is 37.2. The summed E-state index contributed by atoms with van der Waals surface area (Å²) in [7, 11) is 1.35. The Balaban J connectivity index is 1.28. The van der Waals surface area contributed by atoms with E-state index in [1.54, 1.807) is 66.7 Å². The monoisotopic (exact) mass is 749 g/mol. The highest BCUT2D eigenvalue weighted by molar-refractivity contribution is 8.00. The number of esters is 1. The Kier molecular flexibility index (Phi) is 12.1. The van der Waals surface area contributed by atoms with Crippen molar-refractivity contribution in [2.45, 2.75) is 44.9 Å². The number of thiophene rings is 1. The van der Waals surface area contributed by atoms with Crippen LogP contribution in [0.15, 0.2) is 83.4 Å². The lowest BCUT2D eigenvalue weighted by Crippen LogP contribution is -2.30. The van der Waals surface area contributed by atoms with E-state index < -0.39 is 17.8 Å². The molecule has 0 radical (unpaired) electrons. The number of benzene rings is 3. The molecule has 1 heterocycles. The van der Waals surface area contributed by atoms with Gasteiger partial charge >= 0.3 is 5.97 Å². The van der Waals surface area contributed by atoms with Gasteiger partial charge in [0.25, 0.3) is 11.8 Å². The Morgan fingerprint density at radius 3 is 2.44 bits per heavy atom. The fourth-order valence-electron chi connectivity index (χ4n) is 5.62. The molecule has 3 aromatic carbocycles. The van der Waals surface area contributed by atoms with Gasteiger partial charge in [-0.15, -0.1) is 23.1 Å². The minimum absolute atomic E-state index is 0.0330. The summed E-state index contributed by atoms with van der Waals surface area (Å²) in [6.45, 7) is 6.69. The van der Waals surface area contributed by atoms with E-state index in [1.165, 1.54) is 36.3 Å². The topological polar surface area (TPSA) is 114 Å². The van der Waals surface area contributed by atoms with E-state index in [0.29, 0.717) is 43.3 Å². The third-order valence-electron chi connectivity index (χ3n) is 8.39. The van der Waals surface area contributed by atoms with E-state index in [4.69, 9.17) is 27.9 Å². The second kappa shape index (κ2) is 16.3. The lowest BCUT2D eigenvalue weighted by Gasteiger charge is -2.33. The normalized spacial score (nSPS) is 14.4. The van der Waals surface area contributed by atoms with Gasteiger partial charge < -0.3 is 20.7 Å². The maximum absolute atomic E-state index is 13.5. The smallest absolute Gasteiger partial charge is 0.341 e. The van der Waals surface area contributed by atoms with Gasteiger partial charge in [0.2, 0.25) is 5.91 Å². The standard InChI is InChI=1S/C38H37Cl2N3O5S2/c1-38(2,3)24-14-16-28-31(18-24)50-36(33(28)37(47)48-4)43-32(44)21-49-27-12-8-11-26(20-27)41-35(46)30(17-23-13-15-25(39)19-29(23)40)42-34(45)22-9-6-5-7-10-22/h5-13,15,17,19-20,24H,14,16,18,21H2,1-4H3,(H,41,46)(H,42,45)(H,43,44)/b30-17+. The Morgan fingerprint density at radius 1 is 0.980 bits per heavy atom. The van der Waals surface area contributed by atoms with E-state index >= 15 is 0 Å². The Labute approximate surface area is 310 Å². The predicted molar refractivity (Wildman–Crippen MR) is 203 cm³/mol. The van der Waals surface area contributed by atoms with Gasteiger partial charge in [0, 0.05) is 31.1 Å². The number of amides is 3.